The van der Waals surface area contributed by atoms with Crippen molar-refractivity contribution in [1.82, 2.24) is 14.7 Å². The fourth-order valence-corrected chi connectivity index (χ4v) is 4.47. The molecule has 0 amide bonds. The zero-order valence-electron chi connectivity index (χ0n) is 11.0. The Bertz CT molecular complexity index is 630. The Kier molecular flexibility index (Phi) is 3.02. The molecular weight excluding hydrogens is 294 g/mol. The van der Waals surface area contributed by atoms with Crippen LogP contribution in [0.2, 0.25) is 4.34 Å². The van der Waals surface area contributed by atoms with Gasteiger partial charge in [0.15, 0.2) is 0 Å². The average molecular weight is 310 g/mol. The van der Waals surface area contributed by atoms with Crippen LogP contribution >= 0.6 is 22.9 Å². The minimum Gasteiger partial charge on any atom is -0.492 e. The van der Waals surface area contributed by atoms with Gasteiger partial charge in [0, 0.05) is 17.6 Å². The first-order chi connectivity index (χ1) is 9.70. The third-order valence-electron chi connectivity index (χ3n) is 4.51. The molecule has 3 aliphatic rings. The lowest BCUT2D eigenvalue weighted by Crippen LogP contribution is -2.48. The number of rotatable bonds is 2. The summed E-state index contributed by atoms with van der Waals surface area (Å²) in [6, 6.07) is 4.18. The molecule has 2 aromatic rings. The van der Waals surface area contributed by atoms with Gasteiger partial charge in [0.05, 0.1) is 15.9 Å². The molecule has 2 bridgehead atoms. The molecule has 5 heterocycles. The van der Waals surface area contributed by atoms with E-state index in [0.29, 0.717) is 12.0 Å². The predicted octanol–water partition coefficient (Wildman–Crippen LogP) is 3.24. The van der Waals surface area contributed by atoms with E-state index in [9.17, 15) is 5.11 Å². The van der Waals surface area contributed by atoms with Crippen molar-refractivity contribution in [3.8, 4) is 16.3 Å². The number of halogens is 1. The molecule has 5 rings (SSSR count). The topological polar surface area (TPSA) is 41.3 Å². The van der Waals surface area contributed by atoms with Crippen LogP contribution in [0.1, 0.15) is 18.9 Å². The van der Waals surface area contributed by atoms with Crippen LogP contribution in [-0.4, -0.2) is 39.4 Å². The summed E-state index contributed by atoms with van der Waals surface area (Å²) in [6.07, 6.45) is 4.46. The number of hydrogen-bond acceptors (Lipinski definition) is 4. The number of piperidine rings is 3. The molecule has 0 spiro atoms. The second kappa shape index (κ2) is 4.76. The predicted molar refractivity (Wildman–Crippen MR) is 80.4 cm³/mol. The molecular formula is C14H16ClN3OS. The molecule has 1 unspecified atom stereocenters. The SMILES string of the molecule is Oc1nn(C2CN3CCC2CC3)cc1-c1ccc(Cl)s1. The van der Waals surface area contributed by atoms with E-state index >= 15 is 0 Å². The van der Waals surface area contributed by atoms with Crippen LogP contribution in [0.4, 0.5) is 0 Å². The maximum atomic E-state index is 10.1. The van der Waals surface area contributed by atoms with Crippen molar-refractivity contribution in [1.29, 1.82) is 0 Å². The molecule has 3 aliphatic heterocycles. The molecule has 2 aromatic heterocycles. The van der Waals surface area contributed by atoms with E-state index in [1.165, 1.54) is 37.3 Å². The zero-order chi connectivity index (χ0) is 13.7. The number of hydrogen-bond donors (Lipinski definition) is 1. The quantitative estimate of drug-likeness (QED) is 0.926. The van der Waals surface area contributed by atoms with Gasteiger partial charge in [0.1, 0.15) is 0 Å². The van der Waals surface area contributed by atoms with Crippen LogP contribution in [0.25, 0.3) is 10.4 Å². The van der Waals surface area contributed by atoms with Gasteiger partial charge in [0.2, 0.25) is 5.88 Å². The fourth-order valence-electron chi connectivity index (χ4n) is 3.42. The highest BCUT2D eigenvalue weighted by Crippen LogP contribution is 2.39. The fraction of sp³-hybridized carbons (Fsp3) is 0.500. The summed E-state index contributed by atoms with van der Waals surface area (Å²) in [5.74, 6) is 0.805. The smallest absolute Gasteiger partial charge is 0.239 e. The van der Waals surface area contributed by atoms with Gasteiger partial charge in [-0.05, 0) is 44.0 Å². The first-order valence-corrected chi connectivity index (χ1v) is 8.16. The van der Waals surface area contributed by atoms with Gasteiger partial charge < -0.3 is 10.0 Å². The van der Waals surface area contributed by atoms with Crippen molar-refractivity contribution in [3.05, 3.63) is 22.7 Å². The first-order valence-electron chi connectivity index (χ1n) is 6.97. The standard InChI is InChI=1S/C14H16ClN3OS/c15-13-2-1-12(20-13)10-7-18(16-14(10)19)11-8-17-5-3-9(11)4-6-17/h1-2,7,9,11H,3-6,8H2,(H,16,19). The minimum atomic E-state index is 0.111. The second-order valence-electron chi connectivity index (χ2n) is 5.66. The molecule has 1 N–H and O–H groups in total. The van der Waals surface area contributed by atoms with Crippen molar-refractivity contribution < 1.29 is 5.11 Å². The monoisotopic (exact) mass is 309 g/mol. The van der Waals surface area contributed by atoms with Crippen molar-refractivity contribution in [2.45, 2.75) is 18.9 Å². The Morgan fingerprint density at radius 1 is 1.30 bits per heavy atom. The summed E-state index contributed by atoms with van der Waals surface area (Å²) in [5, 5.41) is 14.5. The van der Waals surface area contributed by atoms with Crippen LogP contribution in [0.3, 0.4) is 0 Å². The molecule has 6 heteroatoms. The van der Waals surface area contributed by atoms with Gasteiger partial charge in [-0.15, -0.1) is 16.4 Å². The maximum absolute atomic E-state index is 10.1. The Labute approximate surface area is 126 Å². The van der Waals surface area contributed by atoms with Crippen molar-refractivity contribution in [3.63, 3.8) is 0 Å². The third-order valence-corrected chi connectivity index (χ3v) is 5.78. The zero-order valence-corrected chi connectivity index (χ0v) is 12.6. The van der Waals surface area contributed by atoms with E-state index in [1.807, 2.05) is 23.0 Å². The summed E-state index contributed by atoms with van der Waals surface area (Å²) in [6.45, 7) is 3.47. The molecule has 3 saturated heterocycles. The summed E-state index contributed by atoms with van der Waals surface area (Å²) in [4.78, 5) is 3.46. The van der Waals surface area contributed by atoms with E-state index in [2.05, 4.69) is 10.00 Å². The van der Waals surface area contributed by atoms with Crippen LogP contribution < -0.4 is 0 Å². The number of thiophene rings is 1. The molecule has 106 valence electrons. The Morgan fingerprint density at radius 3 is 2.70 bits per heavy atom. The minimum absolute atomic E-state index is 0.111. The van der Waals surface area contributed by atoms with Crippen molar-refractivity contribution in [2.24, 2.45) is 5.92 Å². The van der Waals surface area contributed by atoms with Crippen molar-refractivity contribution >= 4 is 22.9 Å². The van der Waals surface area contributed by atoms with Gasteiger partial charge in [-0.3, -0.25) is 4.68 Å². The van der Waals surface area contributed by atoms with Gasteiger partial charge >= 0.3 is 0 Å². The highest BCUT2D eigenvalue weighted by atomic mass is 35.5. The summed E-state index contributed by atoms with van der Waals surface area (Å²) >= 11 is 7.44. The average Bonchev–Trinajstić information content (AvgIpc) is 3.06. The number of aromatic hydroxyl groups is 1. The molecule has 20 heavy (non-hydrogen) atoms. The third kappa shape index (κ3) is 2.05. The lowest BCUT2D eigenvalue weighted by atomic mass is 9.84. The van der Waals surface area contributed by atoms with Gasteiger partial charge in [-0.25, -0.2) is 0 Å². The number of fused-ring (bicyclic) bond motifs is 3. The molecule has 3 fully saturated rings. The summed E-state index contributed by atoms with van der Waals surface area (Å²) < 4.78 is 2.70. The maximum Gasteiger partial charge on any atom is 0.239 e. The molecule has 0 radical (unpaired) electrons. The summed E-state index contributed by atoms with van der Waals surface area (Å²) in [7, 11) is 0. The number of nitrogens with zero attached hydrogens (tertiary/aromatic N) is 3. The van der Waals surface area contributed by atoms with Crippen LogP contribution in [0, 0.1) is 5.92 Å². The first kappa shape index (κ1) is 12.7. The summed E-state index contributed by atoms with van der Waals surface area (Å²) in [5.41, 5.74) is 0.790. The van der Waals surface area contributed by atoms with E-state index in [0.717, 1.165) is 21.3 Å². The lowest BCUT2D eigenvalue weighted by molar-refractivity contribution is 0.0508. The molecule has 1 atom stereocenters. The van der Waals surface area contributed by atoms with Crippen molar-refractivity contribution in [2.75, 3.05) is 19.6 Å². The molecule has 0 saturated carbocycles. The molecule has 4 nitrogen and oxygen atoms in total. The Balaban J connectivity index is 1.67. The van der Waals surface area contributed by atoms with Gasteiger partial charge in [-0.2, -0.15) is 0 Å². The highest BCUT2D eigenvalue weighted by molar-refractivity contribution is 7.19. The van der Waals surface area contributed by atoms with E-state index in [1.54, 1.807) is 0 Å². The van der Waals surface area contributed by atoms with Crippen LogP contribution in [0.15, 0.2) is 18.3 Å². The van der Waals surface area contributed by atoms with Crippen LogP contribution in [-0.2, 0) is 0 Å². The van der Waals surface area contributed by atoms with Gasteiger partial charge in [-0.1, -0.05) is 11.6 Å². The second-order valence-corrected chi connectivity index (χ2v) is 7.37. The highest BCUT2D eigenvalue weighted by Gasteiger charge is 2.36. The van der Waals surface area contributed by atoms with Crippen LogP contribution in [0.5, 0.6) is 5.88 Å². The molecule has 0 aromatic carbocycles. The van der Waals surface area contributed by atoms with E-state index in [-0.39, 0.29) is 5.88 Å². The largest absolute Gasteiger partial charge is 0.492 e. The van der Waals surface area contributed by atoms with E-state index < -0.39 is 0 Å². The molecule has 0 aliphatic carbocycles. The Morgan fingerprint density at radius 2 is 2.10 bits per heavy atom. The Hall–Kier alpha value is -1.04. The van der Waals surface area contributed by atoms with E-state index in [4.69, 9.17) is 11.6 Å². The van der Waals surface area contributed by atoms with Gasteiger partial charge in [0.25, 0.3) is 0 Å². The number of aromatic nitrogens is 2. The lowest BCUT2D eigenvalue weighted by Gasteiger charge is -2.44. The normalized spacial score (nSPS) is 28.9.